The SMILES string of the molecule is Cn1cc2cc(-c3cc(C(F)(F)F)c(N[C@@H]4C[C@@H]5CN(CC6CCCOC6)C[C@@H]5C4)nn3)ccc2n1. The lowest BCUT2D eigenvalue weighted by Gasteiger charge is -2.28. The minimum atomic E-state index is -4.53. The summed E-state index contributed by atoms with van der Waals surface area (Å²) in [5.41, 5.74) is 0.791. The molecule has 2 aromatic heterocycles. The van der Waals surface area contributed by atoms with Gasteiger partial charge in [0.15, 0.2) is 5.82 Å². The lowest BCUT2D eigenvalue weighted by molar-refractivity contribution is -0.137. The van der Waals surface area contributed by atoms with Gasteiger partial charge in [-0.25, -0.2) is 0 Å². The molecule has 6 rings (SSSR count). The third-order valence-corrected chi connectivity index (χ3v) is 7.95. The summed E-state index contributed by atoms with van der Waals surface area (Å²) in [6.07, 6.45) is 1.38. The second kappa shape index (κ2) is 9.30. The maximum absolute atomic E-state index is 14.0. The Labute approximate surface area is 208 Å². The number of ether oxygens (including phenoxy) is 1. The van der Waals surface area contributed by atoms with Crippen LogP contribution in [0, 0.1) is 17.8 Å². The zero-order chi connectivity index (χ0) is 24.9. The Hall–Kier alpha value is -2.72. The first-order chi connectivity index (χ1) is 17.3. The molecule has 1 unspecified atom stereocenters. The fourth-order valence-electron chi connectivity index (χ4n) is 6.34. The molecule has 192 valence electrons. The van der Waals surface area contributed by atoms with E-state index in [0.29, 0.717) is 23.3 Å². The van der Waals surface area contributed by atoms with Gasteiger partial charge in [-0.2, -0.15) is 18.3 Å². The van der Waals surface area contributed by atoms with Crippen LogP contribution >= 0.6 is 0 Å². The zero-order valence-corrected chi connectivity index (χ0v) is 20.3. The second-order valence-corrected chi connectivity index (χ2v) is 10.7. The first-order valence-corrected chi connectivity index (χ1v) is 12.8. The molecule has 0 spiro atoms. The quantitative estimate of drug-likeness (QED) is 0.553. The highest BCUT2D eigenvalue weighted by Gasteiger charge is 2.43. The summed E-state index contributed by atoms with van der Waals surface area (Å²) in [5, 5.41) is 16.5. The summed E-state index contributed by atoms with van der Waals surface area (Å²) in [4.78, 5) is 2.53. The molecule has 0 amide bonds. The standard InChI is InChI=1S/C26H31F3N6O/c1-34-12-20-7-17(4-5-23(20)33-34)24-10-22(26(27,28)29)25(32-31-24)30-21-8-18-13-35(14-19(18)9-21)11-16-3-2-6-36-15-16/h4-5,7,10,12,16,18-19,21H,2-3,6,8-9,11,13-15H2,1H3,(H,30,32)/t16?,18-,19+,21-. The van der Waals surface area contributed by atoms with Gasteiger partial charge in [-0.05, 0) is 61.6 Å². The molecular formula is C26H31F3N6O. The molecule has 4 atom stereocenters. The fraction of sp³-hybridized carbons (Fsp3) is 0.577. The molecule has 3 aliphatic rings. The van der Waals surface area contributed by atoms with Gasteiger partial charge < -0.3 is 15.0 Å². The van der Waals surface area contributed by atoms with Crippen LogP contribution in [0.25, 0.3) is 22.2 Å². The monoisotopic (exact) mass is 500 g/mol. The molecule has 1 N–H and O–H groups in total. The Morgan fingerprint density at radius 2 is 1.92 bits per heavy atom. The number of likely N-dealkylation sites (tertiary alicyclic amines) is 1. The van der Waals surface area contributed by atoms with Crippen molar-refractivity contribution in [2.24, 2.45) is 24.8 Å². The predicted octanol–water partition coefficient (Wildman–Crippen LogP) is 4.60. The van der Waals surface area contributed by atoms with Crippen LogP contribution < -0.4 is 5.32 Å². The molecule has 1 aromatic carbocycles. The molecule has 0 bridgehead atoms. The number of nitrogens with zero attached hydrogens (tertiary/aromatic N) is 5. The van der Waals surface area contributed by atoms with Crippen LogP contribution in [-0.4, -0.2) is 63.8 Å². The Bertz CT molecular complexity index is 1220. The first-order valence-electron chi connectivity index (χ1n) is 12.8. The van der Waals surface area contributed by atoms with E-state index in [1.165, 1.54) is 6.42 Å². The zero-order valence-electron chi connectivity index (χ0n) is 20.3. The molecule has 7 nitrogen and oxygen atoms in total. The van der Waals surface area contributed by atoms with Crippen LogP contribution in [0.15, 0.2) is 30.5 Å². The number of hydrogen-bond acceptors (Lipinski definition) is 6. The Balaban J connectivity index is 1.15. The number of alkyl halides is 3. The lowest BCUT2D eigenvalue weighted by atomic mass is 10.0. The van der Waals surface area contributed by atoms with Gasteiger partial charge in [-0.15, -0.1) is 10.2 Å². The topological polar surface area (TPSA) is 68.1 Å². The third kappa shape index (κ3) is 4.80. The van der Waals surface area contributed by atoms with Crippen molar-refractivity contribution in [2.45, 2.75) is 37.9 Å². The summed E-state index contributed by atoms with van der Waals surface area (Å²) >= 11 is 0. The summed E-state index contributed by atoms with van der Waals surface area (Å²) in [6, 6.07) is 6.40. The number of aromatic nitrogens is 4. The highest BCUT2D eigenvalue weighted by Crippen LogP contribution is 2.42. The minimum Gasteiger partial charge on any atom is -0.381 e. The van der Waals surface area contributed by atoms with Gasteiger partial charge in [0.25, 0.3) is 0 Å². The molecule has 3 fully saturated rings. The third-order valence-electron chi connectivity index (χ3n) is 7.95. The number of aryl methyl sites for hydroxylation is 1. The van der Waals surface area contributed by atoms with Crippen molar-refractivity contribution in [3.8, 4) is 11.3 Å². The molecule has 4 heterocycles. The van der Waals surface area contributed by atoms with Crippen LogP contribution in [0.1, 0.15) is 31.2 Å². The van der Waals surface area contributed by atoms with Crippen LogP contribution in [0.3, 0.4) is 0 Å². The number of halogens is 3. The van der Waals surface area contributed by atoms with Crippen LogP contribution in [0.4, 0.5) is 19.0 Å². The Morgan fingerprint density at radius 1 is 1.11 bits per heavy atom. The maximum Gasteiger partial charge on any atom is 0.420 e. The van der Waals surface area contributed by atoms with E-state index in [1.54, 1.807) is 22.9 Å². The molecule has 2 saturated heterocycles. The smallest absolute Gasteiger partial charge is 0.381 e. The van der Waals surface area contributed by atoms with E-state index in [1.807, 2.05) is 13.2 Å². The van der Waals surface area contributed by atoms with Crippen molar-refractivity contribution < 1.29 is 17.9 Å². The predicted molar refractivity (Wildman–Crippen MR) is 130 cm³/mol. The average Bonchev–Trinajstić information content (AvgIpc) is 3.50. The second-order valence-electron chi connectivity index (χ2n) is 10.7. The summed E-state index contributed by atoms with van der Waals surface area (Å²) < 4.78 is 49.4. The van der Waals surface area contributed by atoms with Gasteiger partial charge in [-0.3, -0.25) is 4.68 Å². The van der Waals surface area contributed by atoms with E-state index >= 15 is 0 Å². The molecule has 10 heteroatoms. The molecular weight excluding hydrogens is 469 g/mol. The fourth-order valence-corrected chi connectivity index (χ4v) is 6.34. The summed E-state index contributed by atoms with van der Waals surface area (Å²) in [7, 11) is 1.81. The van der Waals surface area contributed by atoms with Crippen LogP contribution in [0.2, 0.25) is 0 Å². The van der Waals surface area contributed by atoms with E-state index in [0.717, 1.165) is 69.1 Å². The van der Waals surface area contributed by atoms with Gasteiger partial charge in [-0.1, -0.05) is 6.07 Å². The molecule has 1 saturated carbocycles. The van der Waals surface area contributed by atoms with Crippen molar-refractivity contribution in [3.05, 3.63) is 36.0 Å². The van der Waals surface area contributed by atoms with Crippen molar-refractivity contribution in [1.82, 2.24) is 24.9 Å². The van der Waals surface area contributed by atoms with E-state index in [-0.39, 0.29) is 17.6 Å². The number of anilines is 1. The highest BCUT2D eigenvalue weighted by molar-refractivity contribution is 5.83. The largest absolute Gasteiger partial charge is 0.420 e. The number of fused-ring (bicyclic) bond motifs is 2. The van der Waals surface area contributed by atoms with Gasteiger partial charge >= 0.3 is 6.18 Å². The summed E-state index contributed by atoms with van der Waals surface area (Å²) in [5.74, 6) is 1.46. The number of benzene rings is 1. The lowest BCUT2D eigenvalue weighted by Crippen LogP contribution is -2.33. The van der Waals surface area contributed by atoms with Gasteiger partial charge in [0.05, 0.1) is 17.8 Å². The normalized spacial score (nSPS) is 27.0. The Morgan fingerprint density at radius 3 is 2.64 bits per heavy atom. The number of nitrogens with one attached hydrogen (secondary N) is 1. The molecule has 3 aromatic rings. The Kier molecular flexibility index (Phi) is 6.11. The van der Waals surface area contributed by atoms with E-state index in [9.17, 15) is 13.2 Å². The van der Waals surface area contributed by atoms with Crippen LogP contribution in [0.5, 0.6) is 0 Å². The summed E-state index contributed by atoms with van der Waals surface area (Å²) in [6.45, 7) is 4.83. The highest BCUT2D eigenvalue weighted by atomic mass is 19.4. The number of rotatable bonds is 5. The molecule has 1 aliphatic carbocycles. The van der Waals surface area contributed by atoms with E-state index < -0.39 is 11.7 Å². The average molecular weight is 501 g/mol. The van der Waals surface area contributed by atoms with Crippen LogP contribution in [-0.2, 0) is 18.0 Å². The first kappa shape index (κ1) is 23.7. The molecule has 0 radical (unpaired) electrons. The van der Waals surface area contributed by atoms with E-state index in [4.69, 9.17) is 4.74 Å². The van der Waals surface area contributed by atoms with E-state index in [2.05, 4.69) is 25.5 Å². The van der Waals surface area contributed by atoms with Crippen molar-refractivity contribution >= 4 is 16.7 Å². The van der Waals surface area contributed by atoms with Crippen molar-refractivity contribution in [1.29, 1.82) is 0 Å². The van der Waals surface area contributed by atoms with Crippen molar-refractivity contribution in [2.75, 3.05) is 38.2 Å². The molecule has 36 heavy (non-hydrogen) atoms. The van der Waals surface area contributed by atoms with Gasteiger partial charge in [0, 0.05) is 56.5 Å². The van der Waals surface area contributed by atoms with Gasteiger partial charge in [0.2, 0.25) is 0 Å². The maximum atomic E-state index is 14.0. The molecule has 2 aliphatic heterocycles. The van der Waals surface area contributed by atoms with Gasteiger partial charge in [0.1, 0.15) is 5.56 Å². The number of hydrogen-bond donors (Lipinski definition) is 1. The minimum absolute atomic E-state index is 0.0202. The van der Waals surface area contributed by atoms with Crippen molar-refractivity contribution in [3.63, 3.8) is 0 Å².